The SMILES string of the molecule is C=C[C@@H](OC(C)=O)[C@H](O)C(C)C. The van der Waals surface area contributed by atoms with Gasteiger partial charge in [-0.05, 0) is 12.0 Å². The zero-order valence-corrected chi connectivity index (χ0v) is 7.78. The maximum Gasteiger partial charge on any atom is 0.303 e. The van der Waals surface area contributed by atoms with Gasteiger partial charge in [0.15, 0.2) is 0 Å². The summed E-state index contributed by atoms with van der Waals surface area (Å²) in [7, 11) is 0. The molecule has 0 saturated carbocycles. The van der Waals surface area contributed by atoms with Crippen molar-refractivity contribution in [1.82, 2.24) is 0 Å². The van der Waals surface area contributed by atoms with E-state index in [1.165, 1.54) is 13.0 Å². The molecule has 0 radical (unpaired) electrons. The molecule has 3 heteroatoms. The summed E-state index contributed by atoms with van der Waals surface area (Å²) in [5, 5.41) is 9.49. The van der Waals surface area contributed by atoms with Gasteiger partial charge in [-0.2, -0.15) is 0 Å². The number of esters is 1. The Labute approximate surface area is 73.0 Å². The molecule has 1 N–H and O–H groups in total. The maximum atomic E-state index is 10.6. The first-order valence-corrected chi connectivity index (χ1v) is 3.97. The first-order valence-electron chi connectivity index (χ1n) is 3.97. The van der Waals surface area contributed by atoms with Crippen molar-refractivity contribution >= 4 is 5.97 Å². The fourth-order valence-electron chi connectivity index (χ4n) is 0.828. The maximum absolute atomic E-state index is 10.6. The molecule has 12 heavy (non-hydrogen) atoms. The minimum Gasteiger partial charge on any atom is -0.456 e. The number of hydrogen-bond donors (Lipinski definition) is 1. The van der Waals surface area contributed by atoms with Gasteiger partial charge < -0.3 is 9.84 Å². The van der Waals surface area contributed by atoms with E-state index in [1.807, 2.05) is 13.8 Å². The second kappa shape index (κ2) is 4.93. The van der Waals surface area contributed by atoms with Crippen molar-refractivity contribution in [3.05, 3.63) is 12.7 Å². The number of rotatable bonds is 4. The molecule has 0 aliphatic rings. The van der Waals surface area contributed by atoms with Crippen LogP contribution < -0.4 is 0 Å². The van der Waals surface area contributed by atoms with Gasteiger partial charge >= 0.3 is 5.97 Å². The van der Waals surface area contributed by atoms with Crippen molar-refractivity contribution < 1.29 is 14.6 Å². The molecular formula is C9H16O3. The molecule has 3 nitrogen and oxygen atoms in total. The Morgan fingerprint density at radius 1 is 1.58 bits per heavy atom. The third-order valence-electron chi connectivity index (χ3n) is 1.55. The minimum absolute atomic E-state index is 0.0485. The molecular weight excluding hydrogens is 156 g/mol. The second-order valence-electron chi connectivity index (χ2n) is 3.04. The molecule has 0 spiro atoms. The number of ether oxygens (including phenoxy) is 1. The molecule has 0 amide bonds. The Kier molecular flexibility index (Phi) is 4.59. The lowest BCUT2D eigenvalue weighted by Crippen LogP contribution is -2.32. The first-order chi connectivity index (χ1) is 5.49. The number of carbonyl (C=O) groups is 1. The quantitative estimate of drug-likeness (QED) is 0.510. The van der Waals surface area contributed by atoms with Gasteiger partial charge in [0.1, 0.15) is 6.10 Å². The highest BCUT2D eigenvalue weighted by Crippen LogP contribution is 2.10. The van der Waals surface area contributed by atoms with E-state index in [-0.39, 0.29) is 5.92 Å². The number of hydrogen-bond acceptors (Lipinski definition) is 3. The topological polar surface area (TPSA) is 46.5 Å². The minimum atomic E-state index is -0.675. The molecule has 0 rings (SSSR count). The van der Waals surface area contributed by atoms with E-state index in [4.69, 9.17) is 4.74 Å². The highest BCUT2D eigenvalue weighted by Gasteiger charge is 2.21. The lowest BCUT2D eigenvalue weighted by molar-refractivity contribution is -0.150. The predicted molar refractivity (Wildman–Crippen MR) is 46.6 cm³/mol. The third-order valence-corrected chi connectivity index (χ3v) is 1.55. The van der Waals surface area contributed by atoms with Crippen LogP contribution in [0.3, 0.4) is 0 Å². The average Bonchev–Trinajstić information content (AvgIpc) is 1.98. The molecule has 70 valence electrons. The van der Waals surface area contributed by atoms with Crippen molar-refractivity contribution in [3.8, 4) is 0 Å². The first kappa shape index (κ1) is 11.2. The Morgan fingerprint density at radius 3 is 2.33 bits per heavy atom. The van der Waals surface area contributed by atoms with Crippen LogP contribution in [-0.2, 0) is 9.53 Å². The molecule has 2 atom stereocenters. The predicted octanol–water partition coefficient (Wildman–Crippen LogP) is 1.12. The van der Waals surface area contributed by atoms with Gasteiger partial charge in [-0.3, -0.25) is 4.79 Å². The van der Waals surface area contributed by atoms with Crippen molar-refractivity contribution in [1.29, 1.82) is 0 Å². The van der Waals surface area contributed by atoms with Gasteiger partial charge in [-0.1, -0.05) is 20.4 Å². The molecule has 0 aliphatic heterocycles. The standard InChI is InChI=1S/C9H16O3/c1-5-8(12-7(4)10)9(11)6(2)3/h5-6,8-9,11H,1H2,2-4H3/t8-,9-/m1/s1. The Bertz CT molecular complexity index is 163. The molecule has 0 bridgehead atoms. The largest absolute Gasteiger partial charge is 0.456 e. The summed E-state index contributed by atoms with van der Waals surface area (Å²) >= 11 is 0. The molecule has 0 unspecified atom stereocenters. The second-order valence-corrected chi connectivity index (χ2v) is 3.04. The lowest BCUT2D eigenvalue weighted by atomic mass is 10.0. The van der Waals surface area contributed by atoms with Crippen LogP contribution in [0, 0.1) is 5.92 Å². The zero-order chi connectivity index (χ0) is 9.72. The molecule has 0 aliphatic carbocycles. The summed E-state index contributed by atoms with van der Waals surface area (Å²) in [6, 6.07) is 0. The van der Waals surface area contributed by atoms with Gasteiger partial charge in [0, 0.05) is 6.92 Å². The molecule has 0 heterocycles. The van der Waals surface area contributed by atoms with Crippen LogP contribution in [0.5, 0.6) is 0 Å². The van der Waals surface area contributed by atoms with Crippen LogP contribution in [-0.4, -0.2) is 23.3 Å². The summed E-state index contributed by atoms with van der Waals surface area (Å²) in [5.41, 5.74) is 0. The Hall–Kier alpha value is -0.830. The highest BCUT2D eigenvalue weighted by molar-refractivity contribution is 5.66. The molecule has 0 aromatic heterocycles. The zero-order valence-electron chi connectivity index (χ0n) is 7.78. The van der Waals surface area contributed by atoms with Gasteiger partial charge in [-0.25, -0.2) is 0 Å². The third kappa shape index (κ3) is 3.53. The summed E-state index contributed by atoms with van der Waals surface area (Å²) < 4.78 is 4.82. The van der Waals surface area contributed by atoms with Crippen LogP contribution in [0.25, 0.3) is 0 Å². The van der Waals surface area contributed by atoms with E-state index in [2.05, 4.69) is 6.58 Å². The van der Waals surface area contributed by atoms with E-state index in [0.29, 0.717) is 0 Å². The van der Waals surface area contributed by atoms with Crippen molar-refractivity contribution in [2.24, 2.45) is 5.92 Å². The van der Waals surface area contributed by atoms with Gasteiger partial charge in [0.05, 0.1) is 6.10 Å². The summed E-state index contributed by atoms with van der Waals surface area (Å²) in [6.07, 6.45) is 0.167. The van der Waals surface area contributed by atoms with E-state index in [1.54, 1.807) is 0 Å². The van der Waals surface area contributed by atoms with E-state index in [0.717, 1.165) is 0 Å². The van der Waals surface area contributed by atoms with Gasteiger partial charge in [0.25, 0.3) is 0 Å². The average molecular weight is 172 g/mol. The van der Waals surface area contributed by atoms with Crippen LogP contribution >= 0.6 is 0 Å². The van der Waals surface area contributed by atoms with Crippen LogP contribution in [0.2, 0.25) is 0 Å². The van der Waals surface area contributed by atoms with Gasteiger partial charge in [0.2, 0.25) is 0 Å². The molecule has 0 aromatic rings. The van der Waals surface area contributed by atoms with Crippen molar-refractivity contribution in [2.45, 2.75) is 33.0 Å². The number of aliphatic hydroxyl groups excluding tert-OH is 1. The normalized spacial score (nSPS) is 15.4. The highest BCUT2D eigenvalue weighted by atomic mass is 16.6. The monoisotopic (exact) mass is 172 g/mol. The fourth-order valence-corrected chi connectivity index (χ4v) is 0.828. The summed E-state index contributed by atoms with van der Waals surface area (Å²) in [6.45, 7) is 8.49. The number of carbonyl (C=O) groups excluding carboxylic acids is 1. The van der Waals surface area contributed by atoms with Crippen molar-refractivity contribution in [3.63, 3.8) is 0 Å². The van der Waals surface area contributed by atoms with E-state index < -0.39 is 18.2 Å². The van der Waals surface area contributed by atoms with Crippen molar-refractivity contribution in [2.75, 3.05) is 0 Å². The van der Waals surface area contributed by atoms with Gasteiger partial charge in [-0.15, -0.1) is 0 Å². The van der Waals surface area contributed by atoms with Crippen LogP contribution in [0.15, 0.2) is 12.7 Å². The molecule has 0 saturated heterocycles. The lowest BCUT2D eigenvalue weighted by Gasteiger charge is -2.22. The Morgan fingerprint density at radius 2 is 2.08 bits per heavy atom. The number of aliphatic hydroxyl groups is 1. The Balaban J connectivity index is 4.14. The smallest absolute Gasteiger partial charge is 0.303 e. The molecule has 0 aromatic carbocycles. The fraction of sp³-hybridized carbons (Fsp3) is 0.667. The van der Waals surface area contributed by atoms with Crippen LogP contribution in [0.4, 0.5) is 0 Å². The summed E-state index contributed by atoms with van der Waals surface area (Å²) in [5.74, 6) is -0.355. The summed E-state index contributed by atoms with van der Waals surface area (Å²) in [4.78, 5) is 10.6. The van der Waals surface area contributed by atoms with Crippen LogP contribution in [0.1, 0.15) is 20.8 Å². The van der Waals surface area contributed by atoms with E-state index in [9.17, 15) is 9.90 Å². The van der Waals surface area contributed by atoms with E-state index >= 15 is 0 Å². The molecule has 0 fully saturated rings.